The van der Waals surface area contributed by atoms with Gasteiger partial charge in [-0.3, -0.25) is 4.98 Å². The van der Waals surface area contributed by atoms with Crippen molar-refractivity contribution in [2.24, 2.45) is 5.92 Å². The third kappa shape index (κ3) is 4.02. The normalized spacial score (nSPS) is 21.9. The molecule has 2 aromatic carbocycles. The Morgan fingerprint density at radius 1 is 1.12 bits per heavy atom. The summed E-state index contributed by atoms with van der Waals surface area (Å²) < 4.78 is 28.9. The second-order valence-corrected chi connectivity index (χ2v) is 10.4. The summed E-state index contributed by atoms with van der Waals surface area (Å²) in [4.78, 5) is 4.39. The summed E-state index contributed by atoms with van der Waals surface area (Å²) >= 11 is 0. The molecule has 3 aromatic rings. The smallest absolute Gasteiger partial charge is 0.243 e. The van der Waals surface area contributed by atoms with Crippen molar-refractivity contribution in [3.8, 4) is 11.8 Å². The average Bonchev–Trinajstić information content (AvgIpc) is 3.29. The molecular weight excluding hydrogens is 434 g/mol. The van der Waals surface area contributed by atoms with Gasteiger partial charge in [0.2, 0.25) is 10.0 Å². The van der Waals surface area contributed by atoms with Crippen molar-refractivity contribution in [3.63, 3.8) is 0 Å². The Labute approximate surface area is 194 Å². The molecule has 33 heavy (non-hydrogen) atoms. The molecule has 0 bridgehead atoms. The van der Waals surface area contributed by atoms with Gasteiger partial charge < -0.3 is 10.4 Å². The number of nitrogens with zero attached hydrogens (tertiary/aromatic N) is 2. The van der Waals surface area contributed by atoms with E-state index in [1.165, 1.54) is 0 Å². The summed E-state index contributed by atoms with van der Waals surface area (Å²) in [6, 6.07) is 16.0. The second-order valence-electron chi connectivity index (χ2n) is 8.56. The second kappa shape index (κ2) is 8.64. The summed E-state index contributed by atoms with van der Waals surface area (Å²) in [7, 11) is -3.69. The summed E-state index contributed by atoms with van der Waals surface area (Å²) in [5.74, 6) is 6.27. The monoisotopic (exact) mass is 459 g/mol. The van der Waals surface area contributed by atoms with Gasteiger partial charge in [-0.1, -0.05) is 24.0 Å². The highest BCUT2D eigenvalue weighted by Gasteiger charge is 2.48. The minimum absolute atomic E-state index is 0.0244. The van der Waals surface area contributed by atoms with Gasteiger partial charge in [0, 0.05) is 41.7 Å². The van der Waals surface area contributed by atoms with Crippen molar-refractivity contribution < 1.29 is 13.5 Å². The van der Waals surface area contributed by atoms with Gasteiger partial charge in [0.15, 0.2) is 0 Å². The lowest BCUT2D eigenvalue weighted by Gasteiger charge is -2.38. The first kappa shape index (κ1) is 21.7. The van der Waals surface area contributed by atoms with Crippen LogP contribution in [0.4, 0.5) is 5.69 Å². The number of sulfonamides is 1. The molecule has 2 aliphatic heterocycles. The van der Waals surface area contributed by atoms with Crippen molar-refractivity contribution in [2.45, 2.75) is 30.3 Å². The van der Waals surface area contributed by atoms with Crippen molar-refractivity contribution in [1.29, 1.82) is 0 Å². The zero-order chi connectivity index (χ0) is 23.0. The summed E-state index contributed by atoms with van der Waals surface area (Å²) in [6.07, 6.45) is 4.09. The number of aromatic nitrogens is 1. The van der Waals surface area contributed by atoms with Gasteiger partial charge in [-0.2, -0.15) is 4.31 Å². The first-order valence-corrected chi connectivity index (χ1v) is 12.4. The van der Waals surface area contributed by atoms with Crippen molar-refractivity contribution in [3.05, 3.63) is 89.2 Å². The highest BCUT2D eigenvalue weighted by atomic mass is 32.2. The van der Waals surface area contributed by atoms with E-state index < -0.39 is 10.0 Å². The highest BCUT2D eigenvalue weighted by Crippen LogP contribution is 2.48. The van der Waals surface area contributed by atoms with Crippen LogP contribution in [0.3, 0.4) is 0 Å². The van der Waals surface area contributed by atoms with E-state index in [9.17, 15) is 13.5 Å². The maximum absolute atomic E-state index is 13.7. The van der Waals surface area contributed by atoms with Gasteiger partial charge in [-0.15, -0.1) is 0 Å². The number of hydrogen-bond donors (Lipinski definition) is 2. The van der Waals surface area contributed by atoms with E-state index in [-0.39, 0.29) is 24.6 Å². The number of hydrogen-bond acceptors (Lipinski definition) is 5. The van der Waals surface area contributed by atoms with Crippen molar-refractivity contribution in [2.75, 3.05) is 18.5 Å². The van der Waals surface area contributed by atoms with E-state index in [0.29, 0.717) is 17.9 Å². The average molecular weight is 460 g/mol. The fourth-order valence-electron chi connectivity index (χ4n) is 4.86. The van der Waals surface area contributed by atoms with Gasteiger partial charge >= 0.3 is 0 Å². The fraction of sp³-hybridized carbons (Fsp3) is 0.269. The van der Waals surface area contributed by atoms with Gasteiger partial charge in [0.05, 0.1) is 23.6 Å². The number of aryl methyl sites for hydroxylation is 1. The van der Waals surface area contributed by atoms with Crippen LogP contribution in [0.1, 0.15) is 34.7 Å². The molecule has 1 fully saturated rings. The molecule has 3 heterocycles. The van der Waals surface area contributed by atoms with Crippen LogP contribution in [0.2, 0.25) is 0 Å². The number of benzene rings is 2. The SMILES string of the molecule is Cc1cccc(S(=O)(=O)N2CC[C@@H]3[C@H](CO)Nc4ccc(C#Cc5cccnc5)cc4[C@@H]32)c1. The van der Waals surface area contributed by atoms with E-state index in [1.54, 1.807) is 34.9 Å². The molecule has 2 N–H and O–H groups in total. The molecule has 3 atom stereocenters. The van der Waals surface area contributed by atoms with E-state index in [0.717, 1.165) is 27.9 Å². The fourth-order valence-corrected chi connectivity index (χ4v) is 6.63. The van der Waals surface area contributed by atoms with Crippen LogP contribution in [-0.2, 0) is 10.0 Å². The molecule has 6 nitrogen and oxygen atoms in total. The topological polar surface area (TPSA) is 82.5 Å². The van der Waals surface area contributed by atoms with Gasteiger partial charge in [-0.25, -0.2) is 8.42 Å². The third-order valence-corrected chi connectivity index (χ3v) is 8.31. The molecule has 168 valence electrons. The molecule has 2 aliphatic rings. The molecule has 0 radical (unpaired) electrons. The van der Waals surface area contributed by atoms with Crippen LogP contribution >= 0.6 is 0 Å². The maximum atomic E-state index is 13.7. The molecule has 0 aliphatic carbocycles. The zero-order valence-corrected chi connectivity index (χ0v) is 19.1. The Bertz CT molecular complexity index is 1350. The van der Waals surface area contributed by atoms with E-state index >= 15 is 0 Å². The molecule has 1 saturated heterocycles. The number of aliphatic hydroxyl groups is 1. The van der Waals surface area contributed by atoms with Gasteiger partial charge in [-0.05, 0) is 66.9 Å². The van der Waals surface area contributed by atoms with Crippen LogP contribution in [-0.4, -0.2) is 42.0 Å². The van der Waals surface area contributed by atoms with Crippen LogP contribution in [0, 0.1) is 24.7 Å². The minimum Gasteiger partial charge on any atom is -0.394 e. The Hall–Kier alpha value is -3.18. The van der Waals surface area contributed by atoms with E-state index in [2.05, 4.69) is 22.1 Å². The Balaban J connectivity index is 1.57. The Morgan fingerprint density at radius 3 is 2.73 bits per heavy atom. The standard InChI is InChI=1S/C26H25N3O3S/c1-18-4-2-6-21(14-18)33(31,32)29-13-11-22-25(17-30)28-24-10-9-19(15-23(24)26(22)29)7-8-20-5-3-12-27-16-20/h2-6,9-10,12,14-16,22,25-26,28,30H,11,13,17H2,1H3/t22-,25+,26-/m1/s1. The summed E-state index contributed by atoms with van der Waals surface area (Å²) in [6.45, 7) is 2.25. The van der Waals surface area contributed by atoms with E-state index in [1.807, 2.05) is 43.3 Å². The van der Waals surface area contributed by atoms with Crippen LogP contribution < -0.4 is 5.32 Å². The molecule has 5 rings (SSSR count). The zero-order valence-electron chi connectivity index (χ0n) is 18.3. The number of nitrogens with one attached hydrogen (secondary N) is 1. The van der Waals surface area contributed by atoms with Gasteiger partial charge in [0.1, 0.15) is 0 Å². The largest absolute Gasteiger partial charge is 0.394 e. The maximum Gasteiger partial charge on any atom is 0.243 e. The first-order valence-electron chi connectivity index (χ1n) is 11.0. The Morgan fingerprint density at radius 2 is 1.97 bits per heavy atom. The highest BCUT2D eigenvalue weighted by molar-refractivity contribution is 7.89. The molecule has 0 unspecified atom stereocenters. The molecule has 0 amide bonds. The molecule has 0 spiro atoms. The lowest BCUT2D eigenvalue weighted by atomic mass is 9.83. The number of anilines is 1. The third-order valence-electron chi connectivity index (χ3n) is 6.43. The number of pyridine rings is 1. The first-order chi connectivity index (χ1) is 16.0. The summed E-state index contributed by atoms with van der Waals surface area (Å²) in [5.41, 5.74) is 4.26. The van der Waals surface area contributed by atoms with Crippen LogP contribution in [0.15, 0.2) is 71.9 Å². The van der Waals surface area contributed by atoms with Gasteiger partial charge in [0.25, 0.3) is 0 Å². The molecule has 1 aromatic heterocycles. The molecule has 0 saturated carbocycles. The van der Waals surface area contributed by atoms with Crippen LogP contribution in [0.5, 0.6) is 0 Å². The van der Waals surface area contributed by atoms with E-state index in [4.69, 9.17) is 0 Å². The number of aliphatic hydroxyl groups excluding tert-OH is 1. The summed E-state index contributed by atoms with van der Waals surface area (Å²) in [5, 5.41) is 13.4. The predicted octanol–water partition coefficient (Wildman–Crippen LogP) is 3.33. The predicted molar refractivity (Wildman–Crippen MR) is 127 cm³/mol. The van der Waals surface area contributed by atoms with Crippen molar-refractivity contribution >= 4 is 15.7 Å². The number of fused-ring (bicyclic) bond motifs is 3. The lowest BCUT2D eigenvalue weighted by molar-refractivity contribution is 0.210. The van der Waals surface area contributed by atoms with Crippen LogP contribution in [0.25, 0.3) is 0 Å². The molecule has 7 heteroatoms. The quantitative estimate of drug-likeness (QED) is 0.587. The lowest BCUT2D eigenvalue weighted by Crippen LogP contribution is -2.42. The number of rotatable bonds is 3. The van der Waals surface area contributed by atoms with Crippen molar-refractivity contribution in [1.82, 2.24) is 9.29 Å². The minimum atomic E-state index is -3.69. The molecular formula is C26H25N3O3S. The Kier molecular flexibility index (Phi) is 5.67.